The zero-order chi connectivity index (χ0) is 25.8. The summed E-state index contributed by atoms with van der Waals surface area (Å²) in [5, 5.41) is 0. The average molecular weight is 487 g/mol. The Morgan fingerprint density at radius 2 is 1.08 bits per heavy atom. The number of methoxy groups -OCH3 is 2. The lowest BCUT2D eigenvalue weighted by molar-refractivity contribution is 0.415. The van der Waals surface area contributed by atoms with Gasteiger partial charge in [-0.3, -0.25) is 0 Å². The van der Waals surface area contributed by atoms with E-state index in [2.05, 4.69) is 85.7 Å². The van der Waals surface area contributed by atoms with Crippen molar-refractivity contribution in [2.45, 2.75) is 0 Å². The first-order valence-electron chi connectivity index (χ1n) is 12.2. The standard InChI is InChI=1S/C33H30N2O2/c1-35(2)27-16-17-30(23-10-6-5-7-11-23)31(22-27)26-20-32(24-12-8-14-28(18-24)36-3)34-33(21-26)25-13-9-15-29(19-25)37-4/h5-22H,1-4H3. The number of anilines is 1. The molecule has 0 N–H and O–H groups in total. The average Bonchev–Trinajstić information content (AvgIpc) is 2.97. The molecule has 1 heterocycles. The first-order chi connectivity index (χ1) is 18.1. The van der Waals surface area contributed by atoms with Gasteiger partial charge >= 0.3 is 0 Å². The van der Waals surface area contributed by atoms with E-state index in [0.29, 0.717) is 0 Å². The molecule has 1 aromatic heterocycles. The summed E-state index contributed by atoms with van der Waals surface area (Å²) in [6.07, 6.45) is 0. The number of ether oxygens (including phenoxy) is 2. The number of pyridine rings is 1. The first kappa shape index (κ1) is 24.1. The normalized spacial score (nSPS) is 10.7. The van der Waals surface area contributed by atoms with Gasteiger partial charge in [0.1, 0.15) is 11.5 Å². The second kappa shape index (κ2) is 10.6. The van der Waals surface area contributed by atoms with Crippen LogP contribution in [0, 0.1) is 0 Å². The maximum Gasteiger partial charge on any atom is 0.119 e. The highest BCUT2D eigenvalue weighted by atomic mass is 16.5. The molecule has 0 fully saturated rings. The molecule has 0 bridgehead atoms. The molecule has 0 saturated heterocycles. The molecule has 0 amide bonds. The van der Waals surface area contributed by atoms with Gasteiger partial charge in [-0.05, 0) is 70.8 Å². The molecule has 0 radical (unpaired) electrons. The van der Waals surface area contributed by atoms with Gasteiger partial charge in [-0.1, -0.05) is 60.7 Å². The number of hydrogen-bond acceptors (Lipinski definition) is 4. The van der Waals surface area contributed by atoms with Gasteiger partial charge in [0, 0.05) is 30.9 Å². The number of benzene rings is 4. The highest BCUT2D eigenvalue weighted by Gasteiger charge is 2.15. The lowest BCUT2D eigenvalue weighted by Crippen LogP contribution is -2.08. The predicted octanol–water partition coefficient (Wildman–Crippen LogP) is 7.83. The van der Waals surface area contributed by atoms with E-state index in [1.807, 2.05) is 42.5 Å². The molecule has 5 aromatic rings. The molecule has 0 spiro atoms. The van der Waals surface area contributed by atoms with Crippen LogP contribution in [0.4, 0.5) is 5.69 Å². The molecular formula is C33H30N2O2. The minimum atomic E-state index is 0.798. The molecule has 0 aliphatic rings. The van der Waals surface area contributed by atoms with Gasteiger partial charge in [-0.2, -0.15) is 0 Å². The third-order valence-corrected chi connectivity index (χ3v) is 6.47. The molecule has 4 heteroatoms. The van der Waals surface area contributed by atoms with Crippen LogP contribution in [0.2, 0.25) is 0 Å². The van der Waals surface area contributed by atoms with Crippen molar-refractivity contribution in [1.29, 1.82) is 0 Å². The van der Waals surface area contributed by atoms with E-state index in [-0.39, 0.29) is 0 Å². The van der Waals surface area contributed by atoms with Gasteiger partial charge in [0.05, 0.1) is 25.6 Å². The highest BCUT2D eigenvalue weighted by Crippen LogP contribution is 2.38. The topological polar surface area (TPSA) is 34.6 Å². The predicted molar refractivity (Wildman–Crippen MR) is 153 cm³/mol. The molecule has 4 aromatic carbocycles. The summed E-state index contributed by atoms with van der Waals surface area (Å²) in [7, 11) is 7.50. The van der Waals surface area contributed by atoms with Crippen molar-refractivity contribution in [3.63, 3.8) is 0 Å². The fraction of sp³-hybridized carbons (Fsp3) is 0.121. The Morgan fingerprint density at radius 1 is 0.514 bits per heavy atom. The molecule has 4 nitrogen and oxygen atoms in total. The van der Waals surface area contributed by atoms with Crippen LogP contribution in [-0.2, 0) is 0 Å². The zero-order valence-electron chi connectivity index (χ0n) is 21.6. The van der Waals surface area contributed by atoms with Gasteiger partial charge in [0.2, 0.25) is 0 Å². The van der Waals surface area contributed by atoms with Crippen LogP contribution >= 0.6 is 0 Å². The third-order valence-electron chi connectivity index (χ3n) is 6.47. The van der Waals surface area contributed by atoms with Gasteiger partial charge in [0.25, 0.3) is 0 Å². The SMILES string of the molecule is COc1cccc(-c2cc(-c3cc(N(C)C)ccc3-c3ccccc3)cc(-c3cccc(OC)c3)n2)c1. The van der Waals surface area contributed by atoms with E-state index >= 15 is 0 Å². The maximum absolute atomic E-state index is 5.51. The zero-order valence-corrected chi connectivity index (χ0v) is 21.6. The van der Waals surface area contributed by atoms with E-state index in [9.17, 15) is 0 Å². The Morgan fingerprint density at radius 3 is 1.62 bits per heavy atom. The Bertz CT molecular complexity index is 1460. The molecule has 5 rings (SSSR count). The Labute approximate surface area is 218 Å². The fourth-order valence-electron chi connectivity index (χ4n) is 4.47. The van der Waals surface area contributed by atoms with Crippen molar-refractivity contribution in [3.8, 4) is 56.3 Å². The second-order valence-corrected chi connectivity index (χ2v) is 9.08. The molecule has 0 unspecified atom stereocenters. The van der Waals surface area contributed by atoms with E-state index in [4.69, 9.17) is 14.5 Å². The first-order valence-corrected chi connectivity index (χ1v) is 12.2. The minimum Gasteiger partial charge on any atom is -0.497 e. The van der Waals surface area contributed by atoms with Crippen LogP contribution in [0.5, 0.6) is 11.5 Å². The van der Waals surface area contributed by atoms with Gasteiger partial charge < -0.3 is 14.4 Å². The molecular weight excluding hydrogens is 456 g/mol. The molecule has 184 valence electrons. The molecule has 0 aliphatic heterocycles. The van der Waals surface area contributed by atoms with Crippen LogP contribution in [0.1, 0.15) is 0 Å². The van der Waals surface area contributed by atoms with Crippen LogP contribution in [0.15, 0.2) is 109 Å². The lowest BCUT2D eigenvalue weighted by Gasteiger charge is -2.18. The summed E-state index contributed by atoms with van der Waals surface area (Å²) in [4.78, 5) is 7.22. The fourth-order valence-corrected chi connectivity index (χ4v) is 4.47. The Kier molecular flexibility index (Phi) is 6.91. The Hall–Kier alpha value is -4.57. The molecule has 0 atom stereocenters. The summed E-state index contributed by atoms with van der Waals surface area (Å²) in [5.41, 5.74) is 9.47. The maximum atomic E-state index is 5.51. The van der Waals surface area contributed by atoms with Crippen molar-refractivity contribution in [3.05, 3.63) is 109 Å². The summed E-state index contributed by atoms with van der Waals surface area (Å²) >= 11 is 0. The molecule has 0 saturated carbocycles. The summed E-state index contributed by atoms with van der Waals surface area (Å²) < 4.78 is 11.0. The largest absolute Gasteiger partial charge is 0.497 e. The second-order valence-electron chi connectivity index (χ2n) is 9.08. The van der Waals surface area contributed by atoms with Gasteiger partial charge in [-0.25, -0.2) is 4.98 Å². The molecule has 0 aliphatic carbocycles. The Balaban J connectivity index is 1.78. The van der Waals surface area contributed by atoms with Crippen molar-refractivity contribution < 1.29 is 9.47 Å². The van der Waals surface area contributed by atoms with Crippen LogP contribution < -0.4 is 14.4 Å². The van der Waals surface area contributed by atoms with Crippen molar-refractivity contribution >= 4 is 5.69 Å². The van der Waals surface area contributed by atoms with E-state index in [1.54, 1.807) is 14.2 Å². The number of aromatic nitrogens is 1. The highest BCUT2D eigenvalue weighted by molar-refractivity contribution is 5.88. The van der Waals surface area contributed by atoms with E-state index in [1.165, 1.54) is 11.1 Å². The van der Waals surface area contributed by atoms with Gasteiger partial charge in [-0.15, -0.1) is 0 Å². The van der Waals surface area contributed by atoms with Crippen molar-refractivity contribution in [2.75, 3.05) is 33.2 Å². The van der Waals surface area contributed by atoms with Crippen molar-refractivity contribution in [2.24, 2.45) is 0 Å². The van der Waals surface area contributed by atoms with Gasteiger partial charge in [0.15, 0.2) is 0 Å². The quantitative estimate of drug-likeness (QED) is 0.235. The summed E-state index contributed by atoms with van der Waals surface area (Å²) in [6, 6.07) is 37.5. The smallest absolute Gasteiger partial charge is 0.119 e. The summed E-state index contributed by atoms with van der Waals surface area (Å²) in [6.45, 7) is 0. The van der Waals surface area contributed by atoms with E-state index < -0.39 is 0 Å². The monoisotopic (exact) mass is 486 g/mol. The summed E-state index contributed by atoms with van der Waals surface area (Å²) in [5.74, 6) is 1.60. The number of rotatable bonds is 7. The number of nitrogens with zero attached hydrogens (tertiary/aromatic N) is 2. The van der Waals surface area contributed by atoms with Crippen LogP contribution in [-0.4, -0.2) is 33.3 Å². The van der Waals surface area contributed by atoms with Crippen molar-refractivity contribution in [1.82, 2.24) is 4.98 Å². The van der Waals surface area contributed by atoms with E-state index in [0.717, 1.165) is 50.8 Å². The molecule has 37 heavy (non-hydrogen) atoms. The lowest BCUT2D eigenvalue weighted by atomic mass is 9.92. The van der Waals surface area contributed by atoms with Crippen LogP contribution in [0.3, 0.4) is 0 Å². The third kappa shape index (κ3) is 5.19. The van der Waals surface area contributed by atoms with Crippen LogP contribution in [0.25, 0.3) is 44.8 Å². The minimum absolute atomic E-state index is 0.798. The number of hydrogen-bond donors (Lipinski definition) is 0.